The second-order valence-corrected chi connectivity index (χ2v) is 8.49. The highest BCUT2D eigenvalue weighted by atomic mass is 32.2. The van der Waals surface area contributed by atoms with E-state index in [0.29, 0.717) is 0 Å². The summed E-state index contributed by atoms with van der Waals surface area (Å²) < 4.78 is 4.50. The number of fused-ring (bicyclic) bond motifs is 7. The van der Waals surface area contributed by atoms with Crippen molar-refractivity contribution in [2.45, 2.75) is 5.03 Å². The largest absolute Gasteiger partial charge is 0.351 e. The van der Waals surface area contributed by atoms with Crippen molar-refractivity contribution in [1.82, 2.24) is 9.13 Å². The number of aromatic nitrogens is 2. The van der Waals surface area contributed by atoms with Crippen LogP contribution in [0.1, 0.15) is 0 Å². The molecule has 4 aromatic carbocycles. The van der Waals surface area contributed by atoms with E-state index in [4.69, 9.17) is 0 Å². The highest BCUT2D eigenvalue weighted by Gasteiger charge is 2.11. The van der Waals surface area contributed by atoms with Crippen molar-refractivity contribution in [3.63, 3.8) is 0 Å². The first kappa shape index (κ1) is 16.1. The van der Waals surface area contributed by atoms with Crippen molar-refractivity contribution in [2.75, 3.05) is 6.26 Å². The Morgan fingerprint density at radius 3 is 1.93 bits per heavy atom. The van der Waals surface area contributed by atoms with Gasteiger partial charge < -0.3 is 9.13 Å². The van der Waals surface area contributed by atoms with Crippen LogP contribution in [0.4, 0.5) is 0 Å². The van der Waals surface area contributed by atoms with E-state index in [1.165, 1.54) is 59.1 Å². The van der Waals surface area contributed by atoms with Crippen LogP contribution in [0.15, 0.2) is 71.9 Å². The Bertz CT molecular complexity index is 1570. The van der Waals surface area contributed by atoms with Gasteiger partial charge in [0.15, 0.2) is 0 Å². The monoisotopic (exact) mass is 380 g/mol. The standard InChI is InChI=1S/C25H20N2S/c1-26-9-8-17-10-15-4-6-20-19(21(15)13-23(17)26)7-5-16-11-18-12-25(28-3)27(2)24(18)14-22(16)20/h4-14H,1-3H3. The van der Waals surface area contributed by atoms with Gasteiger partial charge in [0.05, 0.1) is 5.03 Å². The Morgan fingerprint density at radius 2 is 1.25 bits per heavy atom. The molecule has 0 spiro atoms. The van der Waals surface area contributed by atoms with Gasteiger partial charge in [-0.25, -0.2) is 0 Å². The number of nitrogens with zero attached hydrogens (tertiary/aromatic N) is 2. The SMILES string of the molecule is CSc1cc2cc3ccc4c5cc6c(ccn6C)cc5ccc4c3cc2n1C. The third-order valence-corrected chi connectivity index (χ3v) is 6.98. The molecule has 6 rings (SSSR count). The molecule has 0 atom stereocenters. The van der Waals surface area contributed by atoms with Gasteiger partial charge in [0, 0.05) is 42.1 Å². The van der Waals surface area contributed by atoms with Crippen LogP contribution in [0.3, 0.4) is 0 Å². The summed E-state index contributed by atoms with van der Waals surface area (Å²) in [7, 11) is 4.27. The van der Waals surface area contributed by atoms with Crippen molar-refractivity contribution in [2.24, 2.45) is 14.1 Å². The van der Waals surface area contributed by atoms with Crippen LogP contribution >= 0.6 is 11.8 Å². The Morgan fingerprint density at radius 1 is 0.607 bits per heavy atom. The summed E-state index contributed by atoms with van der Waals surface area (Å²) in [5, 5.41) is 11.8. The van der Waals surface area contributed by atoms with E-state index in [-0.39, 0.29) is 0 Å². The molecule has 0 fully saturated rings. The third kappa shape index (κ3) is 2.05. The van der Waals surface area contributed by atoms with Gasteiger partial charge in [0.2, 0.25) is 0 Å². The summed E-state index contributed by atoms with van der Waals surface area (Å²) in [4.78, 5) is 0. The highest BCUT2D eigenvalue weighted by Crippen LogP contribution is 2.36. The third-order valence-electron chi connectivity index (χ3n) is 6.17. The Balaban J connectivity index is 1.77. The lowest BCUT2D eigenvalue weighted by Crippen LogP contribution is -1.89. The van der Waals surface area contributed by atoms with E-state index in [0.717, 1.165) is 0 Å². The fourth-order valence-electron chi connectivity index (χ4n) is 4.64. The lowest BCUT2D eigenvalue weighted by Gasteiger charge is -2.10. The van der Waals surface area contributed by atoms with E-state index in [1.807, 2.05) is 0 Å². The van der Waals surface area contributed by atoms with E-state index in [9.17, 15) is 0 Å². The zero-order chi connectivity index (χ0) is 19.0. The van der Waals surface area contributed by atoms with E-state index >= 15 is 0 Å². The van der Waals surface area contributed by atoms with Crippen LogP contribution in [0.5, 0.6) is 0 Å². The van der Waals surface area contributed by atoms with Gasteiger partial charge in [0.25, 0.3) is 0 Å². The summed E-state index contributed by atoms with van der Waals surface area (Å²) in [5.74, 6) is 0. The minimum Gasteiger partial charge on any atom is -0.351 e. The molecule has 0 radical (unpaired) electrons. The molecule has 0 saturated heterocycles. The van der Waals surface area contributed by atoms with Crippen molar-refractivity contribution in [3.05, 3.63) is 66.9 Å². The summed E-state index contributed by atoms with van der Waals surface area (Å²) in [5.41, 5.74) is 2.57. The normalized spacial score (nSPS) is 12.2. The average Bonchev–Trinajstić information content (AvgIpc) is 3.23. The van der Waals surface area contributed by atoms with E-state index < -0.39 is 0 Å². The average molecular weight is 381 g/mol. The Hall–Kier alpha value is -2.91. The molecule has 0 saturated carbocycles. The first-order valence-corrected chi connectivity index (χ1v) is 10.7. The molecule has 28 heavy (non-hydrogen) atoms. The first-order chi connectivity index (χ1) is 13.6. The number of hydrogen-bond acceptors (Lipinski definition) is 1. The molecule has 0 aliphatic carbocycles. The summed E-state index contributed by atoms with van der Waals surface area (Å²) in [6.07, 6.45) is 4.27. The molecule has 0 amide bonds. The summed E-state index contributed by atoms with van der Waals surface area (Å²) in [6.45, 7) is 0. The topological polar surface area (TPSA) is 9.86 Å². The van der Waals surface area contributed by atoms with Crippen LogP contribution in [-0.4, -0.2) is 15.4 Å². The minimum atomic E-state index is 1.28. The zero-order valence-corrected chi connectivity index (χ0v) is 17.0. The van der Waals surface area contributed by atoms with E-state index in [2.05, 4.69) is 96.3 Å². The highest BCUT2D eigenvalue weighted by molar-refractivity contribution is 7.98. The second kappa shape index (κ2) is 5.55. The Labute approximate surface area is 167 Å². The number of rotatable bonds is 1. The molecule has 0 unspecified atom stereocenters. The Kier molecular flexibility index (Phi) is 3.19. The van der Waals surface area contributed by atoms with Gasteiger partial charge >= 0.3 is 0 Å². The fourth-order valence-corrected chi connectivity index (χ4v) is 5.26. The summed E-state index contributed by atoms with van der Waals surface area (Å²) in [6, 6.07) is 22.9. The first-order valence-electron chi connectivity index (χ1n) is 9.52. The van der Waals surface area contributed by atoms with Crippen molar-refractivity contribution < 1.29 is 0 Å². The number of benzene rings is 4. The lowest BCUT2D eigenvalue weighted by atomic mass is 9.96. The predicted molar refractivity (Wildman–Crippen MR) is 124 cm³/mol. The van der Waals surface area contributed by atoms with Gasteiger partial charge in [-0.1, -0.05) is 24.3 Å². The van der Waals surface area contributed by atoms with Gasteiger partial charge in [-0.3, -0.25) is 0 Å². The molecule has 3 heteroatoms. The molecule has 2 nitrogen and oxygen atoms in total. The minimum absolute atomic E-state index is 1.28. The maximum atomic E-state index is 2.36. The molecule has 2 aromatic heterocycles. The number of thioether (sulfide) groups is 1. The van der Waals surface area contributed by atoms with Gasteiger partial charge in [-0.15, -0.1) is 11.8 Å². The van der Waals surface area contributed by atoms with E-state index in [1.54, 1.807) is 11.8 Å². The number of aryl methyl sites for hydroxylation is 2. The quantitative estimate of drug-likeness (QED) is 0.224. The van der Waals surface area contributed by atoms with Crippen LogP contribution in [-0.2, 0) is 14.1 Å². The number of hydrogen-bond donors (Lipinski definition) is 0. The van der Waals surface area contributed by atoms with Crippen molar-refractivity contribution in [1.29, 1.82) is 0 Å². The van der Waals surface area contributed by atoms with Crippen LogP contribution in [0.2, 0.25) is 0 Å². The van der Waals surface area contributed by atoms with Gasteiger partial charge in [0.1, 0.15) is 0 Å². The van der Waals surface area contributed by atoms with Crippen LogP contribution in [0.25, 0.3) is 54.1 Å². The molecule has 0 N–H and O–H groups in total. The molecular weight excluding hydrogens is 360 g/mol. The van der Waals surface area contributed by atoms with Crippen LogP contribution < -0.4 is 0 Å². The second-order valence-electron chi connectivity index (χ2n) is 7.66. The molecule has 6 aromatic rings. The van der Waals surface area contributed by atoms with Gasteiger partial charge in [-0.05, 0) is 75.0 Å². The summed E-state index contributed by atoms with van der Waals surface area (Å²) >= 11 is 1.80. The maximum Gasteiger partial charge on any atom is 0.0753 e. The molecule has 0 aliphatic rings. The molecule has 0 bridgehead atoms. The molecule has 136 valence electrons. The molecular formula is C25H20N2S. The smallest absolute Gasteiger partial charge is 0.0753 e. The lowest BCUT2D eigenvalue weighted by molar-refractivity contribution is 0.864. The van der Waals surface area contributed by atoms with Crippen molar-refractivity contribution in [3.8, 4) is 0 Å². The zero-order valence-electron chi connectivity index (χ0n) is 16.2. The van der Waals surface area contributed by atoms with Crippen LogP contribution in [0, 0.1) is 0 Å². The van der Waals surface area contributed by atoms with Gasteiger partial charge in [-0.2, -0.15) is 0 Å². The predicted octanol–water partition coefficient (Wildman–Crippen LogP) is 6.85. The molecule has 2 heterocycles. The molecule has 0 aliphatic heterocycles. The van der Waals surface area contributed by atoms with Crippen molar-refractivity contribution >= 4 is 65.9 Å². The fraction of sp³-hybridized carbons (Fsp3) is 0.120. The maximum absolute atomic E-state index is 2.36.